The monoisotopic (exact) mass is 356 g/mol. The van der Waals surface area contributed by atoms with Crippen molar-refractivity contribution < 1.29 is 13.5 Å². The van der Waals surface area contributed by atoms with E-state index in [1.165, 1.54) is 0 Å². The van der Waals surface area contributed by atoms with E-state index in [4.69, 9.17) is 4.74 Å². The van der Waals surface area contributed by atoms with Gasteiger partial charge in [0.1, 0.15) is 5.82 Å². The zero-order valence-electron chi connectivity index (χ0n) is 15.5. The lowest BCUT2D eigenvalue weighted by atomic mass is 9.83. The topological polar surface area (TPSA) is 9.23 Å². The van der Waals surface area contributed by atoms with E-state index < -0.39 is 0 Å². The van der Waals surface area contributed by atoms with Crippen LogP contribution < -0.4 is 4.74 Å². The second-order valence-corrected chi connectivity index (χ2v) is 7.84. The zero-order valence-corrected chi connectivity index (χ0v) is 15.5. The first-order valence-electron chi connectivity index (χ1n) is 9.76. The van der Waals surface area contributed by atoms with Gasteiger partial charge in [-0.2, -0.15) is 0 Å². The molecule has 4 rings (SSSR count). The van der Waals surface area contributed by atoms with Crippen molar-refractivity contribution in [3.8, 4) is 5.75 Å². The maximum Gasteiger partial charge on any atom is 0.165 e. The van der Waals surface area contributed by atoms with Gasteiger partial charge in [-0.3, -0.25) is 0 Å². The summed E-state index contributed by atoms with van der Waals surface area (Å²) < 4.78 is 34.1. The van der Waals surface area contributed by atoms with Crippen LogP contribution in [0.15, 0.2) is 36.4 Å². The van der Waals surface area contributed by atoms with Crippen molar-refractivity contribution in [2.75, 3.05) is 6.61 Å². The molecule has 2 saturated carbocycles. The van der Waals surface area contributed by atoms with Crippen LogP contribution >= 0.6 is 0 Å². The van der Waals surface area contributed by atoms with Gasteiger partial charge in [0.25, 0.3) is 0 Å². The first kappa shape index (κ1) is 17.5. The molecule has 0 N–H and O–H groups in total. The van der Waals surface area contributed by atoms with Crippen molar-refractivity contribution >= 4 is 0 Å². The first-order valence-corrected chi connectivity index (χ1v) is 9.76. The molecule has 2 aromatic carbocycles. The molecule has 0 heterocycles. The Bertz CT molecular complexity index is 801. The highest BCUT2D eigenvalue weighted by molar-refractivity contribution is 5.34. The van der Waals surface area contributed by atoms with Crippen LogP contribution in [0, 0.1) is 30.4 Å². The van der Waals surface area contributed by atoms with Crippen molar-refractivity contribution in [2.24, 2.45) is 11.8 Å². The fourth-order valence-electron chi connectivity index (χ4n) is 5.35. The molecule has 3 heteroatoms. The molecule has 4 atom stereocenters. The third-order valence-electron chi connectivity index (χ3n) is 6.44. The Hall–Kier alpha value is -1.90. The summed E-state index contributed by atoms with van der Waals surface area (Å²) in [5.41, 5.74) is 2.92. The molecule has 0 radical (unpaired) electrons. The van der Waals surface area contributed by atoms with Crippen LogP contribution in [-0.4, -0.2) is 6.61 Å². The molecule has 0 aliphatic heterocycles. The van der Waals surface area contributed by atoms with Gasteiger partial charge in [0.15, 0.2) is 11.6 Å². The summed E-state index contributed by atoms with van der Waals surface area (Å²) >= 11 is 0. The van der Waals surface area contributed by atoms with Crippen LogP contribution in [0.25, 0.3) is 0 Å². The lowest BCUT2D eigenvalue weighted by Gasteiger charge is -2.22. The van der Waals surface area contributed by atoms with E-state index in [0.29, 0.717) is 36.0 Å². The molecule has 2 aromatic rings. The number of hydrogen-bond donors (Lipinski definition) is 0. The van der Waals surface area contributed by atoms with E-state index in [-0.39, 0.29) is 11.6 Å². The first-order chi connectivity index (χ1) is 12.6. The van der Waals surface area contributed by atoms with E-state index in [1.807, 2.05) is 32.0 Å². The van der Waals surface area contributed by atoms with Crippen LogP contribution in [0.3, 0.4) is 0 Å². The van der Waals surface area contributed by atoms with Crippen LogP contribution in [-0.2, 0) is 0 Å². The Kier molecular flexibility index (Phi) is 4.73. The second-order valence-electron chi connectivity index (χ2n) is 7.84. The zero-order chi connectivity index (χ0) is 18.3. The average molecular weight is 356 g/mol. The molecule has 0 spiro atoms. The Balaban J connectivity index is 1.56. The Labute approximate surface area is 154 Å². The normalized spacial score (nSPS) is 27.5. The van der Waals surface area contributed by atoms with Gasteiger partial charge in [-0.1, -0.05) is 18.2 Å². The quantitative estimate of drug-likeness (QED) is 0.619. The average Bonchev–Trinajstić information content (AvgIpc) is 3.19. The van der Waals surface area contributed by atoms with Gasteiger partial charge < -0.3 is 4.74 Å². The van der Waals surface area contributed by atoms with E-state index in [1.54, 1.807) is 18.2 Å². The summed E-state index contributed by atoms with van der Waals surface area (Å²) in [6.45, 7) is 4.25. The van der Waals surface area contributed by atoms with Crippen molar-refractivity contribution in [3.63, 3.8) is 0 Å². The van der Waals surface area contributed by atoms with Gasteiger partial charge in [-0.05, 0) is 98.1 Å². The number of hydrogen-bond acceptors (Lipinski definition) is 1. The highest BCUT2D eigenvalue weighted by Gasteiger charge is 2.46. The van der Waals surface area contributed by atoms with Crippen molar-refractivity contribution in [1.82, 2.24) is 0 Å². The van der Waals surface area contributed by atoms with E-state index >= 15 is 0 Å². The Morgan fingerprint density at radius 1 is 0.885 bits per heavy atom. The molecule has 1 nitrogen and oxygen atoms in total. The summed E-state index contributed by atoms with van der Waals surface area (Å²) in [6.07, 6.45) is 4.29. The fourth-order valence-corrected chi connectivity index (χ4v) is 5.35. The molecule has 138 valence electrons. The number of ether oxygens (including phenoxy) is 1. The predicted molar refractivity (Wildman–Crippen MR) is 99.6 cm³/mol. The molecule has 4 unspecified atom stereocenters. The molecule has 26 heavy (non-hydrogen) atoms. The van der Waals surface area contributed by atoms with Crippen LogP contribution in [0.2, 0.25) is 0 Å². The van der Waals surface area contributed by atoms with E-state index in [2.05, 4.69) is 0 Å². The molecule has 0 bridgehead atoms. The van der Waals surface area contributed by atoms with Gasteiger partial charge in [0, 0.05) is 0 Å². The number of aryl methyl sites for hydroxylation is 1. The van der Waals surface area contributed by atoms with Crippen LogP contribution in [0.4, 0.5) is 8.78 Å². The lowest BCUT2D eigenvalue weighted by molar-refractivity contribution is 0.320. The smallest absolute Gasteiger partial charge is 0.165 e. The third-order valence-corrected chi connectivity index (χ3v) is 6.44. The van der Waals surface area contributed by atoms with Gasteiger partial charge in [-0.15, -0.1) is 0 Å². The molecule has 2 fully saturated rings. The highest BCUT2D eigenvalue weighted by atomic mass is 19.1. The SMILES string of the molecule is CCOc1ccc(C2CCC3C(c4ccc(C)cc4F)CCC23)cc1F. The molecule has 2 aliphatic carbocycles. The minimum atomic E-state index is -0.271. The molecular weight excluding hydrogens is 330 g/mol. The maximum atomic E-state index is 14.5. The standard InChI is InChI=1S/C23H26F2O/c1-3-26-23-11-5-15(13-22(23)25)16-7-8-18-17(16)9-10-19(18)20-6-4-14(2)12-21(20)24/h4-6,11-13,16-19H,3,7-10H2,1-2H3. The maximum absolute atomic E-state index is 14.5. The summed E-state index contributed by atoms with van der Waals surface area (Å²) in [6, 6.07) is 11.1. The molecule has 2 aliphatic rings. The Morgan fingerprint density at radius 3 is 2.31 bits per heavy atom. The number of benzene rings is 2. The molecular formula is C23H26F2O. The second kappa shape index (κ2) is 7.02. The lowest BCUT2D eigenvalue weighted by Crippen LogP contribution is -2.12. The number of halogens is 2. The fraction of sp³-hybridized carbons (Fsp3) is 0.478. The molecule has 0 amide bonds. The van der Waals surface area contributed by atoms with Gasteiger partial charge in [-0.25, -0.2) is 8.78 Å². The van der Waals surface area contributed by atoms with Gasteiger partial charge >= 0.3 is 0 Å². The molecule has 0 aromatic heterocycles. The van der Waals surface area contributed by atoms with Crippen LogP contribution in [0.1, 0.15) is 61.1 Å². The largest absolute Gasteiger partial charge is 0.491 e. The summed E-state index contributed by atoms with van der Waals surface area (Å²) in [4.78, 5) is 0. The van der Waals surface area contributed by atoms with Crippen LogP contribution in [0.5, 0.6) is 5.75 Å². The summed E-state index contributed by atoms with van der Waals surface area (Å²) in [7, 11) is 0. The van der Waals surface area contributed by atoms with E-state index in [9.17, 15) is 8.78 Å². The van der Waals surface area contributed by atoms with Crippen molar-refractivity contribution in [1.29, 1.82) is 0 Å². The Morgan fingerprint density at radius 2 is 1.62 bits per heavy atom. The van der Waals surface area contributed by atoms with Gasteiger partial charge in [0.05, 0.1) is 6.61 Å². The van der Waals surface area contributed by atoms with Crippen molar-refractivity contribution in [3.05, 3.63) is 64.7 Å². The van der Waals surface area contributed by atoms with E-state index in [0.717, 1.165) is 42.4 Å². The molecule has 0 saturated heterocycles. The van der Waals surface area contributed by atoms with Crippen molar-refractivity contribution in [2.45, 2.75) is 51.4 Å². The number of fused-ring (bicyclic) bond motifs is 1. The number of rotatable bonds is 4. The summed E-state index contributed by atoms with van der Waals surface area (Å²) in [5, 5.41) is 0. The predicted octanol–water partition coefficient (Wildman–Crippen LogP) is 6.36. The third kappa shape index (κ3) is 3.02. The summed E-state index contributed by atoms with van der Waals surface area (Å²) in [5.74, 6) is 1.71. The van der Waals surface area contributed by atoms with Gasteiger partial charge in [0.2, 0.25) is 0 Å². The minimum absolute atomic E-state index is 0.0637. The highest BCUT2D eigenvalue weighted by Crippen LogP contribution is 2.57. The minimum Gasteiger partial charge on any atom is -0.491 e.